The maximum absolute atomic E-state index is 11.4. The minimum Gasteiger partial charge on any atom is -0.507 e. The molecule has 3 rings (SSSR count). The third kappa shape index (κ3) is 2.62. The van der Waals surface area contributed by atoms with Gasteiger partial charge in [0.25, 0.3) is 0 Å². The van der Waals surface area contributed by atoms with E-state index in [0.29, 0.717) is 22.4 Å². The molecular formula is C17H13NO5. The summed E-state index contributed by atoms with van der Waals surface area (Å²) in [6.45, 7) is 0. The first kappa shape index (κ1) is 14.6. The van der Waals surface area contributed by atoms with E-state index in [-0.39, 0.29) is 17.1 Å². The fourth-order valence-electron chi connectivity index (χ4n) is 2.35. The lowest BCUT2D eigenvalue weighted by Crippen LogP contribution is -1.99. The van der Waals surface area contributed by atoms with E-state index in [1.165, 1.54) is 25.4 Å². The van der Waals surface area contributed by atoms with Gasteiger partial charge < -0.3 is 19.5 Å². The highest BCUT2D eigenvalue weighted by Gasteiger charge is 2.20. The van der Waals surface area contributed by atoms with Gasteiger partial charge in [0.1, 0.15) is 11.5 Å². The summed E-state index contributed by atoms with van der Waals surface area (Å²) in [5, 5.41) is 23.2. The predicted molar refractivity (Wildman–Crippen MR) is 82.6 cm³/mol. The Balaban J connectivity index is 2.20. The molecule has 0 bridgehead atoms. The third-order valence-corrected chi connectivity index (χ3v) is 3.47. The smallest absolute Gasteiger partial charge is 0.336 e. The maximum Gasteiger partial charge on any atom is 0.336 e. The highest BCUT2D eigenvalue weighted by atomic mass is 16.5. The Bertz CT molecular complexity index is 869. The number of ether oxygens (including phenoxy) is 1. The normalized spacial score (nSPS) is 10.5. The quantitative estimate of drug-likeness (QED) is 0.767. The lowest BCUT2D eigenvalue weighted by Gasteiger charge is -2.08. The van der Waals surface area contributed by atoms with Crippen LogP contribution in [0.25, 0.3) is 22.5 Å². The molecule has 0 aliphatic carbocycles. The zero-order valence-electron chi connectivity index (χ0n) is 12.2. The molecule has 0 spiro atoms. The van der Waals surface area contributed by atoms with E-state index in [2.05, 4.69) is 5.16 Å². The lowest BCUT2D eigenvalue weighted by atomic mass is 9.97. The van der Waals surface area contributed by atoms with Crippen molar-refractivity contribution >= 4 is 5.97 Å². The van der Waals surface area contributed by atoms with Gasteiger partial charge in [-0.1, -0.05) is 23.4 Å². The average Bonchev–Trinajstić information content (AvgIpc) is 3.04. The van der Waals surface area contributed by atoms with Crippen LogP contribution in [-0.2, 0) is 0 Å². The van der Waals surface area contributed by atoms with Crippen LogP contribution in [0.5, 0.6) is 11.5 Å². The number of aromatic carboxylic acids is 1. The number of nitrogens with zero attached hydrogens (tertiary/aromatic N) is 1. The number of carbonyl (C=O) groups is 1. The largest absolute Gasteiger partial charge is 0.507 e. The Labute approximate surface area is 131 Å². The molecule has 0 saturated carbocycles. The number of carboxylic acid groups (broad SMARTS) is 1. The van der Waals surface area contributed by atoms with E-state index in [9.17, 15) is 15.0 Å². The van der Waals surface area contributed by atoms with Gasteiger partial charge in [-0.25, -0.2) is 4.79 Å². The molecule has 0 saturated heterocycles. The van der Waals surface area contributed by atoms with Gasteiger partial charge in [-0.2, -0.15) is 0 Å². The van der Waals surface area contributed by atoms with E-state index in [1.807, 2.05) is 0 Å². The number of phenols is 1. The molecule has 6 nitrogen and oxygen atoms in total. The van der Waals surface area contributed by atoms with Crippen molar-refractivity contribution in [1.82, 2.24) is 5.16 Å². The summed E-state index contributed by atoms with van der Waals surface area (Å²) >= 11 is 0. The van der Waals surface area contributed by atoms with Crippen LogP contribution in [0.2, 0.25) is 0 Å². The van der Waals surface area contributed by atoms with Crippen molar-refractivity contribution in [2.45, 2.75) is 0 Å². The molecule has 0 amide bonds. The van der Waals surface area contributed by atoms with Gasteiger partial charge in [0.05, 0.1) is 30.0 Å². The Kier molecular flexibility index (Phi) is 3.72. The molecule has 1 aromatic heterocycles. The van der Waals surface area contributed by atoms with Gasteiger partial charge in [-0.3, -0.25) is 0 Å². The predicted octanol–water partition coefficient (Wildman–Crippen LogP) is 3.42. The standard InChI is InChI=1S/C17H13NO5/c1-22-10-6-7-15(19)13(8-10)16-14(9-18-23-16)11-4-2-3-5-12(11)17(20)21/h2-9,19H,1H3,(H,20,21). The van der Waals surface area contributed by atoms with Gasteiger partial charge in [0.2, 0.25) is 0 Å². The number of aromatic hydroxyl groups is 1. The first-order valence-corrected chi connectivity index (χ1v) is 6.76. The summed E-state index contributed by atoms with van der Waals surface area (Å²) in [7, 11) is 1.51. The van der Waals surface area contributed by atoms with Crippen molar-refractivity contribution in [2.75, 3.05) is 7.11 Å². The number of hydrogen-bond acceptors (Lipinski definition) is 5. The zero-order valence-corrected chi connectivity index (χ0v) is 12.2. The highest BCUT2D eigenvalue weighted by molar-refractivity contribution is 5.98. The Hall–Kier alpha value is -3.28. The molecule has 6 heteroatoms. The topological polar surface area (TPSA) is 92.8 Å². The first-order chi connectivity index (χ1) is 11.1. The molecule has 3 aromatic rings. The molecule has 23 heavy (non-hydrogen) atoms. The molecule has 0 radical (unpaired) electrons. The van der Waals surface area contributed by atoms with Gasteiger partial charge in [0, 0.05) is 5.56 Å². The van der Waals surface area contributed by atoms with Crippen LogP contribution in [0.3, 0.4) is 0 Å². The molecule has 1 heterocycles. The van der Waals surface area contributed by atoms with Crippen molar-refractivity contribution < 1.29 is 24.3 Å². The third-order valence-electron chi connectivity index (χ3n) is 3.47. The summed E-state index contributed by atoms with van der Waals surface area (Å²) in [6.07, 6.45) is 1.43. The molecule has 0 fully saturated rings. The van der Waals surface area contributed by atoms with Crippen molar-refractivity contribution in [1.29, 1.82) is 0 Å². The highest BCUT2D eigenvalue weighted by Crippen LogP contribution is 2.39. The second-order valence-corrected chi connectivity index (χ2v) is 4.80. The SMILES string of the molecule is COc1ccc(O)c(-c2oncc2-c2ccccc2C(=O)O)c1. The van der Waals surface area contributed by atoms with E-state index in [1.54, 1.807) is 30.3 Å². The summed E-state index contributed by atoms with van der Waals surface area (Å²) < 4.78 is 10.4. The maximum atomic E-state index is 11.4. The van der Waals surface area contributed by atoms with Crippen LogP contribution in [0.1, 0.15) is 10.4 Å². The Morgan fingerprint density at radius 1 is 1.13 bits per heavy atom. The second-order valence-electron chi connectivity index (χ2n) is 4.80. The number of benzene rings is 2. The molecular weight excluding hydrogens is 298 g/mol. The Morgan fingerprint density at radius 2 is 1.91 bits per heavy atom. The van der Waals surface area contributed by atoms with Crippen LogP contribution in [0.4, 0.5) is 0 Å². The zero-order chi connectivity index (χ0) is 16.4. The summed E-state index contributed by atoms with van der Waals surface area (Å²) in [5.41, 5.74) is 1.43. The van der Waals surface area contributed by atoms with Gasteiger partial charge >= 0.3 is 5.97 Å². The molecule has 2 aromatic carbocycles. The van der Waals surface area contributed by atoms with E-state index >= 15 is 0 Å². The van der Waals surface area contributed by atoms with E-state index < -0.39 is 5.97 Å². The van der Waals surface area contributed by atoms with E-state index in [0.717, 1.165) is 0 Å². The van der Waals surface area contributed by atoms with Crippen LogP contribution >= 0.6 is 0 Å². The van der Waals surface area contributed by atoms with Crippen molar-refractivity contribution in [2.24, 2.45) is 0 Å². The molecule has 2 N–H and O–H groups in total. The van der Waals surface area contributed by atoms with Crippen LogP contribution in [0.15, 0.2) is 53.2 Å². The van der Waals surface area contributed by atoms with Gasteiger partial charge in [-0.05, 0) is 24.3 Å². The van der Waals surface area contributed by atoms with Crippen LogP contribution in [-0.4, -0.2) is 28.4 Å². The number of carboxylic acids is 1. The van der Waals surface area contributed by atoms with Crippen molar-refractivity contribution in [3.05, 3.63) is 54.2 Å². The summed E-state index contributed by atoms with van der Waals surface area (Å²) in [5.74, 6) is -0.263. The molecule has 0 aliphatic heterocycles. The minimum absolute atomic E-state index is 0.0170. The minimum atomic E-state index is -1.05. The fraction of sp³-hybridized carbons (Fsp3) is 0.0588. The number of rotatable bonds is 4. The molecule has 0 unspecified atom stereocenters. The van der Waals surface area contributed by atoms with Crippen LogP contribution < -0.4 is 4.74 Å². The molecule has 0 aliphatic rings. The number of hydrogen-bond donors (Lipinski definition) is 2. The van der Waals surface area contributed by atoms with Crippen molar-refractivity contribution in [3.63, 3.8) is 0 Å². The summed E-state index contributed by atoms with van der Waals surface area (Å²) in [4.78, 5) is 11.4. The molecule has 116 valence electrons. The van der Waals surface area contributed by atoms with Crippen LogP contribution in [0, 0.1) is 0 Å². The molecule has 0 atom stereocenters. The van der Waals surface area contributed by atoms with Gasteiger partial charge in [0.15, 0.2) is 5.76 Å². The lowest BCUT2D eigenvalue weighted by molar-refractivity contribution is 0.0697. The Morgan fingerprint density at radius 3 is 2.65 bits per heavy atom. The average molecular weight is 311 g/mol. The number of phenolic OH excluding ortho intramolecular Hbond substituents is 1. The fourth-order valence-corrected chi connectivity index (χ4v) is 2.35. The first-order valence-electron chi connectivity index (χ1n) is 6.76. The summed E-state index contributed by atoms with van der Waals surface area (Å²) in [6, 6.07) is 11.2. The van der Waals surface area contributed by atoms with Crippen molar-refractivity contribution in [3.8, 4) is 33.9 Å². The number of aromatic nitrogens is 1. The number of methoxy groups -OCH3 is 1. The van der Waals surface area contributed by atoms with E-state index in [4.69, 9.17) is 9.26 Å². The second kappa shape index (κ2) is 5.84. The van der Waals surface area contributed by atoms with Gasteiger partial charge in [-0.15, -0.1) is 0 Å². The monoisotopic (exact) mass is 311 g/mol.